The third-order valence-electron chi connectivity index (χ3n) is 5.10. The van der Waals surface area contributed by atoms with Crippen molar-refractivity contribution >= 4 is 21.7 Å². The van der Waals surface area contributed by atoms with E-state index in [9.17, 15) is 14.0 Å². The highest BCUT2D eigenvalue weighted by atomic mass is 79.9. The minimum atomic E-state index is -0.559. The summed E-state index contributed by atoms with van der Waals surface area (Å²) in [6, 6.07) is 4.51. The Morgan fingerprint density at radius 3 is 2.88 bits per heavy atom. The van der Waals surface area contributed by atoms with Crippen molar-refractivity contribution in [1.29, 1.82) is 0 Å². The van der Waals surface area contributed by atoms with Crippen molar-refractivity contribution in [3.8, 4) is 5.69 Å². The van der Waals surface area contributed by atoms with Crippen LogP contribution in [0.3, 0.4) is 0 Å². The highest BCUT2D eigenvalue weighted by Crippen LogP contribution is 2.41. The number of carbonyl (C=O) groups excluding carboxylic acids is 1. The van der Waals surface area contributed by atoms with E-state index < -0.39 is 16.9 Å². The molecule has 8 heteroatoms. The monoisotopic (exact) mass is 408 g/mol. The summed E-state index contributed by atoms with van der Waals surface area (Å²) in [7, 11) is 0. The van der Waals surface area contributed by atoms with Crippen LogP contribution in [0.15, 0.2) is 27.5 Å². The molecule has 1 atom stereocenters. The van der Waals surface area contributed by atoms with Crippen molar-refractivity contribution in [2.24, 2.45) is 11.3 Å². The number of H-pyrrole nitrogens is 1. The fourth-order valence-electron chi connectivity index (χ4n) is 3.63. The van der Waals surface area contributed by atoms with Gasteiger partial charge in [0, 0.05) is 28.8 Å². The summed E-state index contributed by atoms with van der Waals surface area (Å²) in [5.74, 6) is 0.245. The molecule has 1 aliphatic carbocycles. The zero-order valence-electron chi connectivity index (χ0n) is 13.5. The predicted octanol–water partition coefficient (Wildman–Crippen LogP) is 1.96. The largest absolute Gasteiger partial charge is 0.348 e. The second kappa shape index (κ2) is 6.17. The summed E-state index contributed by atoms with van der Waals surface area (Å²) in [4.78, 5) is 25.1. The van der Waals surface area contributed by atoms with Gasteiger partial charge in [0.05, 0.1) is 5.69 Å². The van der Waals surface area contributed by atoms with Gasteiger partial charge in [-0.25, -0.2) is 18.9 Å². The summed E-state index contributed by atoms with van der Waals surface area (Å²) >= 11 is 3.21. The Bertz CT molecular complexity index is 881. The first-order valence-corrected chi connectivity index (χ1v) is 9.16. The van der Waals surface area contributed by atoms with E-state index in [2.05, 4.69) is 31.4 Å². The summed E-state index contributed by atoms with van der Waals surface area (Å²) < 4.78 is 16.2. The number of aromatic nitrogens is 3. The second-order valence-electron chi connectivity index (χ2n) is 6.90. The normalized spacial score (nSPS) is 23.1. The molecule has 4 rings (SSSR count). The molecule has 132 valence electrons. The van der Waals surface area contributed by atoms with E-state index in [0.29, 0.717) is 29.7 Å². The molecule has 0 amide bonds. The molecule has 0 radical (unpaired) electrons. The van der Waals surface area contributed by atoms with Crippen LogP contribution in [0.5, 0.6) is 0 Å². The van der Waals surface area contributed by atoms with Crippen LogP contribution < -0.4 is 11.0 Å². The minimum absolute atomic E-state index is 0.128. The van der Waals surface area contributed by atoms with Gasteiger partial charge in [-0.3, -0.25) is 4.79 Å². The third-order valence-corrected chi connectivity index (χ3v) is 5.60. The van der Waals surface area contributed by atoms with Crippen molar-refractivity contribution in [1.82, 2.24) is 20.1 Å². The van der Waals surface area contributed by atoms with Crippen LogP contribution in [0.2, 0.25) is 0 Å². The molecule has 2 N–H and O–H groups in total. The van der Waals surface area contributed by atoms with Gasteiger partial charge in [0.25, 0.3) is 0 Å². The Labute approximate surface area is 151 Å². The Hall–Kier alpha value is -1.80. The fourth-order valence-corrected chi connectivity index (χ4v) is 3.97. The van der Waals surface area contributed by atoms with Gasteiger partial charge in [-0.15, -0.1) is 0 Å². The number of nitrogens with one attached hydrogen (secondary N) is 2. The highest BCUT2D eigenvalue weighted by Gasteiger charge is 2.48. The van der Waals surface area contributed by atoms with E-state index in [1.165, 1.54) is 16.7 Å². The maximum atomic E-state index is 14.4. The lowest BCUT2D eigenvalue weighted by Gasteiger charge is -2.26. The van der Waals surface area contributed by atoms with Crippen LogP contribution in [0.25, 0.3) is 5.69 Å². The smallest absolute Gasteiger partial charge is 0.316 e. The van der Waals surface area contributed by atoms with E-state index >= 15 is 0 Å². The van der Waals surface area contributed by atoms with Gasteiger partial charge < -0.3 is 5.32 Å². The van der Waals surface area contributed by atoms with Gasteiger partial charge in [0.15, 0.2) is 0 Å². The number of carbonyl (C=O) groups is 1. The van der Waals surface area contributed by atoms with E-state index in [-0.39, 0.29) is 17.4 Å². The lowest BCUT2D eigenvalue weighted by molar-refractivity contribution is -0.129. The molecule has 1 saturated carbocycles. The molecule has 2 aliphatic rings. The van der Waals surface area contributed by atoms with Crippen molar-refractivity contribution in [3.05, 3.63) is 44.8 Å². The van der Waals surface area contributed by atoms with E-state index in [0.717, 1.165) is 19.4 Å². The van der Waals surface area contributed by atoms with Crippen LogP contribution in [0.4, 0.5) is 4.39 Å². The predicted molar refractivity (Wildman–Crippen MR) is 93.2 cm³/mol. The van der Waals surface area contributed by atoms with Crippen LogP contribution >= 0.6 is 15.9 Å². The summed E-state index contributed by atoms with van der Waals surface area (Å²) in [5, 5.41) is 9.75. The summed E-state index contributed by atoms with van der Waals surface area (Å²) in [6.07, 6.45) is 2.92. The van der Waals surface area contributed by atoms with E-state index in [1.807, 2.05) is 0 Å². The van der Waals surface area contributed by atoms with Crippen LogP contribution in [0.1, 0.15) is 25.1 Å². The Kier molecular flexibility index (Phi) is 4.11. The minimum Gasteiger partial charge on any atom is -0.316 e. The molecule has 1 aliphatic heterocycles. The zero-order chi connectivity index (χ0) is 17.6. The standard InChI is InChI=1S/C17H18BrFN4O2/c18-11-3-4-13(12(19)7-11)23-14(21-22-16(23)25)8-17(5-6-20-9-17)15(24)10-1-2-10/h3-4,7,10,20H,1-2,5-6,8-9H2,(H,22,25)/t17-/m0/s1. The number of aromatic amines is 1. The summed E-state index contributed by atoms with van der Waals surface area (Å²) in [5.41, 5.74) is -0.927. The number of benzene rings is 1. The molecule has 0 spiro atoms. The molecular formula is C17H18BrFN4O2. The Morgan fingerprint density at radius 2 is 2.24 bits per heavy atom. The van der Waals surface area contributed by atoms with Gasteiger partial charge >= 0.3 is 5.69 Å². The van der Waals surface area contributed by atoms with Gasteiger partial charge in [0.1, 0.15) is 17.4 Å². The number of Topliss-reactive ketones (excluding diaryl/α,β-unsaturated/α-hetero) is 1. The van der Waals surface area contributed by atoms with Crippen LogP contribution in [-0.4, -0.2) is 33.6 Å². The van der Waals surface area contributed by atoms with Gasteiger partial charge in [-0.05, 0) is 44.0 Å². The SMILES string of the molecule is O=C(C1CC1)[C@]1(Cc2n[nH]c(=O)n2-c2ccc(Br)cc2F)CCNC1. The lowest BCUT2D eigenvalue weighted by atomic mass is 9.77. The Balaban J connectivity index is 1.74. The molecule has 1 aromatic carbocycles. The first-order chi connectivity index (χ1) is 12.0. The molecule has 1 saturated heterocycles. The molecular weight excluding hydrogens is 391 g/mol. The lowest BCUT2D eigenvalue weighted by Crippen LogP contribution is -2.38. The Morgan fingerprint density at radius 1 is 1.44 bits per heavy atom. The van der Waals surface area contributed by atoms with Gasteiger partial charge in [0.2, 0.25) is 0 Å². The maximum absolute atomic E-state index is 14.4. The first kappa shape index (κ1) is 16.7. The number of rotatable bonds is 5. The molecule has 25 heavy (non-hydrogen) atoms. The average Bonchev–Trinajstić information content (AvgIpc) is 3.23. The van der Waals surface area contributed by atoms with Crippen molar-refractivity contribution in [2.45, 2.75) is 25.7 Å². The quantitative estimate of drug-likeness (QED) is 0.792. The van der Waals surface area contributed by atoms with Gasteiger partial charge in [-0.1, -0.05) is 15.9 Å². The molecule has 2 fully saturated rings. The summed E-state index contributed by atoms with van der Waals surface area (Å²) in [6.45, 7) is 1.34. The van der Waals surface area contributed by atoms with Crippen LogP contribution in [0, 0.1) is 17.2 Å². The molecule has 1 aromatic heterocycles. The van der Waals surface area contributed by atoms with Gasteiger partial charge in [-0.2, -0.15) is 5.10 Å². The number of ketones is 1. The second-order valence-corrected chi connectivity index (χ2v) is 7.81. The van der Waals surface area contributed by atoms with E-state index in [4.69, 9.17) is 0 Å². The number of nitrogens with zero attached hydrogens (tertiary/aromatic N) is 2. The molecule has 2 heterocycles. The average molecular weight is 409 g/mol. The zero-order valence-corrected chi connectivity index (χ0v) is 15.1. The third kappa shape index (κ3) is 2.97. The van der Waals surface area contributed by atoms with Crippen molar-refractivity contribution in [2.75, 3.05) is 13.1 Å². The fraction of sp³-hybridized carbons (Fsp3) is 0.471. The number of hydrogen-bond acceptors (Lipinski definition) is 4. The topological polar surface area (TPSA) is 79.8 Å². The molecule has 0 bridgehead atoms. The van der Waals surface area contributed by atoms with E-state index in [1.54, 1.807) is 6.07 Å². The highest BCUT2D eigenvalue weighted by molar-refractivity contribution is 9.10. The van der Waals surface area contributed by atoms with Crippen molar-refractivity contribution < 1.29 is 9.18 Å². The number of halogens is 2. The maximum Gasteiger partial charge on any atom is 0.348 e. The first-order valence-electron chi connectivity index (χ1n) is 8.37. The molecule has 0 unspecified atom stereocenters. The number of hydrogen-bond donors (Lipinski definition) is 2. The van der Waals surface area contributed by atoms with Crippen molar-refractivity contribution in [3.63, 3.8) is 0 Å². The van der Waals surface area contributed by atoms with Crippen LogP contribution in [-0.2, 0) is 11.2 Å². The molecule has 2 aromatic rings. The molecule has 6 nitrogen and oxygen atoms in total.